The molecule has 4 aliphatic rings. The predicted octanol–water partition coefficient (Wildman–Crippen LogP) is 4.60. The van der Waals surface area contributed by atoms with Crippen molar-refractivity contribution in [3.63, 3.8) is 0 Å². The lowest BCUT2D eigenvalue weighted by Crippen LogP contribution is -2.55. The topological polar surface area (TPSA) is 37.3 Å². The molecule has 0 aromatic rings. The second-order valence-corrected chi connectivity index (χ2v) is 9.65. The first-order chi connectivity index (χ1) is 10.9. The molecule has 4 fully saturated rings. The van der Waals surface area contributed by atoms with E-state index in [9.17, 15) is 9.90 Å². The van der Waals surface area contributed by atoms with E-state index in [2.05, 4.69) is 20.8 Å². The van der Waals surface area contributed by atoms with Crippen molar-refractivity contribution in [1.82, 2.24) is 0 Å². The minimum atomic E-state index is -0.429. The zero-order valence-corrected chi connectivity index (χ0v) is 15.2. The van der Waals surface area contributed by atoms with Gasteiger partial charge in [-0.2, -0.15) is 0 Å². The van der Waals surface area contributed by atoms with Crippen LogP contribution in [0.3, 0.4) is 0 Å². The number of Topliss-reactive ketones (excluding diaryl/α,β-unsaturated/α-hetero) is 1. The normalized spacial score (nSPS) is 55.9. The third-order valence-electron chi connectivity index (χ3n) is 9.02. The SMILES string of the molecule is CC[C@]1(O)CC[C@H]2[C@H]3[C@H](CC[C@@]21C)[C@H]1CCC(=O)C[C@H]1C[C@H]3C. The van der Waals surface area contributed by atoms with Gasteiger partial charge in [-0.05, 0) is 85.9 Å². The van der Waals surface area contributed by atoms with E-state index in [4.69, 9.17) is 0 Å². The second-order valence-electron chi connectivity index (χ2n) is 9.65. The molecule has 0 aliphatic heterocycles. The van der Waals surface area contributed by atoms with Crippen LogP contribution >= 0.6 is 0 Å². The van der Waals surface area contributed by atoms with Gasteiger partial charge in [0, 0.05) is 12.8 Å². The van der Waals surface area contributed by atoms with Crippen LogP contribution in [-0.4, -0.2) is 16.5 Å². The Morgan fingerprint density at radius 3 is 2.70 bits per heavy atom. The Balaban J connectivity index is 1.64. The highest BCUT2D eigenvalue weighted by atomic mass is 16.3. The Morgan fingerprint density at radius 1 is 1.17 bits per heavy atom. The van der Waals surface area contributed by atoms with E-state index in [-0.39, 0.29) is 5.41 Å². The van der Waals surface area contributed by atoms with Crippen LogP contribution in [0.25, 0.3) is 0 Å². The van der Waals surface area contributed by atoms with Gasteiger partial charge in [0.25, 0.3) is 0 Å². The third-order valence-corrected chi connectivity index (χ3v) is 9.02. The summed E-state index contributed by atoms with van der Waals surface area (Å²) >= 11 is 0. The van der Waals surface area contributed by atoms with Gasteiger partial charge in [0.1, 0.15) is 5.78 Å². The van der Waals surface area contributed by atoms with Crippen molar-refractivity contribution < 1.29 is 9.90 Å². The van der Waals surface area contributed by atoms with Gasteiger partial charge in [0.05, 0.1) is 5.60 Å². The number of carbonyl (C=O) groups is 1. The van der Waals surface area contributed by atoms with Crippen molar-refractivity contribution in [2.45, 2.75) is 84.2 Å². The van der Waals surface area contributed by atoms with Gasteiger partial charge >= 0.3 is 0 Å². The lowest BCUT2D eigenvalue weighted by atomic mass is 9.47. The molecule has 4 rings (SSSR count). The number of hydrogen-bond acceptors (Lipinski definition) is 2. The van der Waals surface area contributed by atoms with Crippen LogP contribution in [-0.2, 0) is 4.79 Å². The Hall–Kier alpha value is -0.370. The van der Waals surface area contributed by atoms with Crippen molar-refractivity contribution in [2.24, 2.45) is 40.9 Å². The Bertz CT molecular complexity index is 500. The lowest BCUT2D eigenvalue weighted by Gasteiger charge is -2.59. The molecule has 1 N–H and O–H groups in total. The highest BCUT2D eigenvalue weighted by molar-refractivity contribution is 5.79. The summed E-state index contributed by atoms with van der Waals surface area (Å²) < 4.78 is 0. The van der Waals surface area contributed by atoms with Crippen LogP contribution in [0.2, 0.25) is 0 Å². The molecule has 0 amide bonds. The summed E-state index contributed by atoms with van der Waals surface area (Å²) in [5.41, 5.74) is -0.295. The molecule has 0 heterocycles. The molecule has 0 bridgehead atoms. The molecule has 23 heavy (non-hydrogen) atoms. The molecule has 4 saturated carbocycles. The van der Waals surface area contributed by atoms with Gasteiger partial charge in [-0.1, -0.05) is 20.8 Å². The van der Waals surface area contributed by atoms with Crippen LogP contribution in [0.1, 0.15) is 78.6 Å². The first kappa shape index (κ1) is 16.1. The van der Waals surface area contributed by atoms with Crippen molar-refractivity contribution in [3.05, 3.63) is 0 Å². The van der Waals surface area contributed by atoms with E-state index in [0.29, 0.717) is 17.6 Å². The van der Waals surface area contributed by atoms with Gasteiger partial charge in [-0.3, -0.25) is 4.79 Å². The zero-order valence-electron chi connectivity index (χ0n) is 15.2. The standard InChI is InChI=1S/C21H34O2/c1-4-21(23)10-8-18-19-13(2)11-14-12-15(22)5-6-16(14)17(19)7-9-20(18,21)3/h13-14,16-19,23H,4-12H2,1-3H3/t13-,14-,16+,17-,18+,19-,20+,21+/m1/s1. The number of aliphatic hydroxyl groups is 1. The summed E-state index contributed by atoms with van der Waals surface area (Å²) in [6, 6.07) is 0. The van der Waals surface area contributed by atoms with Crippen molar-refractivity contribution in [2.75, 3.05) is 0 Å². The summed E-state index contributed by atoms with van der Waals surface area (Å²) in [6.07, 6.45) is 9.74. The molecule has 0 aromatic carbocycles. The number of rotatable bonds is 1. The van der Waals surface area contributed by atoms with E-state index < -0.39 is 5.60 Å². The molecule has 0 unspecified atom stereocenters. The molecule has 130 valence electrons. The number of hydrogen-bond donors (Lipinski definition) is 1. The average Bonchev–Trinajstić information content (AvgIpc) is 2.79. The Labute approximate surface area is 141 Å². The Kier molecular flexibility index (Phi) is 3.72. The number of carbonyl (C=O) groups excluding carboxylic acids is 1. The van der Waals surface area contributed by atoms with Crippen LogP contribution in [0, 0.1) is 40.9 Å². The minimum absolute atomic E-state index is 0.133. The Morgan fingerprint density at radius 2 is 1.96 bits per heavy atom. The molecular weight excluding hydrogens is 284 g/mol. The van der Waals surface area contributed by atoms with Crippen LogP contribution in [0.15, 0.2) is 0 Å². The fraction of sp³-hybridized carbons (Fsp3) is 0.952. The predicted molar refractivity (Wildman–Crippen MR) is 91.9 cm³/mol. The summed E-state index contributed by atoms with van der Waals surface area (Å²) in [5.74, 6) is 5.05. The van der Waals surface area contributed by atoms with Crippen LogP contribution in [0.5, 0.6) is 0 Å². The minimum Gasteiger partial charge on any atom is -0.389 e. The molecule has 2 heteroatoms. The van der Waals surface area contributed by atoms with E-state index >= 15 is 0 Å². The maximum absolute atomic E-state index is 11.9. The summed E-state index contributed by atoms with van der Waals surface area (Å²) in [6.45, 7) is 7.02. The molecule has 4 aliphatic carbocycles. The van der Waals surface area contributed by atoms with E-state index in [1.165, 1.54) is 25.7 Å². The summed E-state index contributed by atoms with van der Waals surface area (Å²) in [4.78, 5) is 11.9. The highest BCUT2D eigenvalue weighted by Crippen LogP contribution is 2.66. The van der Waals surface area contributed by atoms with Gasteiger partial charge in [0.2, 0.25) is 0 Å². The van der Waals surface area contributed by atoms with Crippen LogP contribution in [0.4, 0.5) is 0 Å². The first-order valence-electron chi connectivity index (χ1n) is 10.1. The molecule has 0 spiro atoms. The molecular formula is C21H34O2. The first-order valence-corrected chi connectivity index (χ1v) is 10.1. The van der Waals surface area contributed by atoms with Gasteiger partial charge in [-0.15, -0.1) is 0 Å². The molecule has 0 saturated heterocycles. The molecule has 8 atom stereocenters. The maximum atomic E-state index is 11.9. The maximum Gasteiger partial charge on any atom is 0.133 e. The van der Waals surface area contributed by atoms with Gasteiger partial charge in [0.15, 0.2) is 0 Å². The van der Waals surface area contributed by atoms with Crippen molar-refractivity contribution >= 4 is 5.78 Å². The molecule has 0 aromatic heterocycles. The van der Waals surface area contributed by atoms with Crippen LogP contribution < -0.4 is 0 Å². The monoisotopic (exact) mass is 318 g/mol. The van der Waals surface area contributed by atoms with Crippen molar-refractivity contribution in [3.8, 4) is 0 Å². The quantitative estimate of drug-likeness (QED) is 0.767. The van der Waals surface area contributed by atoms with Crippen molar-refractivity contribution in [1.29, 1.82) is 0 Å². The van der Waals surface area contributed by atoms with E-state index in [0.717, 1.165) is 55.8 Å². The number of fused-ring (bicyclic) bond motifs is 5. The average molecular weight is 319 g/mol. The van der Waals surface area contributed by atoms with E-state index in [1.807, 2.05) is 0 Å². The molecule has 0 radical (unpaired) electrons. The van der Waals surface area contributed by atoms with Gasteiger partial charge in [-0.25, -0.2) is 0 Å². The lowest BCUT2D eigenvalue weighted by molar-refractivity contribution is -0.148. The smallest absolute Gasteiger partial charge is 0.133 e. The zero-order chi connectivity index (χ0) is 16.4. The van der Waals surface area contributed by atoms with Gasteiger partial charge < -0.3 is 5.11 Å². The third kappa shape index (κ3) is 2.12. The largest absolute Gasteiger partial charge is 0.389 e. The summed E-state index contributed by atoms with van der Waals surface area (Å²) in [7, 11) is 0. The fourth-order valence-electron chi connectivity index (χ4n) is 7.80. The second kappa shape index (κ2) is 5.31. The number of ketones is 1. The summed E-state index contributed by atoms with van der Waals surface area (Å²) in [5, 5.41) is 11.3. The molecule has 2 nitrogen and oxygen atoms in total. The van der Waals surface area contributed by atoms with E-state index in [1.54, 1.807) is 0 Å². The fourth-order valence-corrected chi connectivity index (χ4v) is 7.80. The highest BCUT2D eigenvalue weighted by Gasteiger charge is 2.63.